The first-order valence-electron chi connectivity index (χ1n) is 9.53. The molecule has 0 spiro atoms. The Morgan fingerprint density at radius 3 is 2.86 bits per heavy atom. The summed E-state index contributed by atoms with van der Waals surface area (Å²) in [7, 11) is 1.93. The van der Waals surface area contributed by atoms with Gasteiger partial charge in [-0.15, -0.1) is 5.10 Å². The van der Waals surface area contributed by atoms with Gasteiger partial charge in [0.2, 0.25) is 0 Å². The van der Waals surface area contributed by atoms with Crippen molar-refractivity contribution in [3.05, 3.63) is 58.7 Å². The van der Waals surface area contributed by atoms with E-state index < -0.39 is 17.7 Å². The molecule has 29 heavy (non-hydrogen) atoms. The van der Waals surface area contributed by atoms with Crippen molar-refractivity contribution < 1.29 is 8.78 Å². The maximum absolute atomic E-state index is 14.1. The lowest BCUT2D eigenvalue weighted by Gasteiger charge is -2.17. The third kappa shape index (κ3) is 4.48. The van der Waals surface area contributed by atoms with Crippen LogP contribution < -0.4 is 5.32 Å². The van der Waals surface area contributed by atoms with Crippen LogP contribution in [0, 0.1) is 11.6 Å². The molecule has 2 aromatic heterocycles. The van der Waals surface area contributed by atoms with E-state index in [1.165, 1.54) is 11.8 Å². The van der Waals surface area contributed by atoms with Crippen molar-refractivity contribution in [3.8, 4) is 0 Å². The van der Waals surface area contributed by atoms with E-state index in [0.29, 0.717) is 18.3 Å². The fourth-order valence-electron chi connectivity index (χ4n) is 3.38. The van der Waals surface area contributed by atoms with Crippen LogP contribution in [0.1, 0.15) is 47.6 Å². The van der Waals surface area contributed by atoms with E-state index in [1.54, 1.807) is 16.4 Å². The largest absolute Gasteiger partial charge is 0.298 e. The number of hydrogen-bond acceptors (Lipinski definition) is 6. The van der Waals surface area contributed by atoms with Crippen LogP contribution in [0.25, 0.3) is 0 Å². The number of tetrazole rings is 1. The van der Waals surface area contributed by atoms with Gasteiger partial charge in [-0.2, -0.15) is 16.9 Å². The molecule has 4 rings (SSSR count). The van der Waals surface area contributed by atoms with Gasteiger partial charge in [-0.25, -0.2) is 13.5 Å². The van der Waals surface area contributed by atoms with Crippen LogP contribution >= 0.6 is 11.8 Å². The highest BCUT2D eigenvalue weighted by molar-refractivity contribution is 7.98. The Morgan fingerprint density at radius 1 is 1.28 bits per heavy atom. The summed E-state index contributed by atoms with van der Waals surface area (Å²) in [5.74, 6) is 1.07. The SMILES string of the molecule is CSCCn1nnnc1C(NCc1cc(F)ccc1F)c1cc(C2CC2)n(C)n1. The number of nitrogens with zero attached hydrogens (tertiary/aromatic N) is 6. The van der Waals surface area contributed by atoms with Crippen LogP contribution in [0.5, 0.6) is 0 Å². The van der Waals surface area contributed by atoms with Crippen molar-refractivity contribution in [2.75, 3.05) is 12.0 Å². The highest BCUT2D eigenvalue weighted by atomic mass is 32.2. The summed E-state index contributed by atoms with van der Waals surface area (Å²) in [6.07, 6.45) is 4.35. The summed E-state index contributed by atoms with van der Waals surface area (Å²) < 4.78 is 31.3. The first kappa shape index (κ1) is 20.0. The van der Waals surface area contributed by atoms with Crippen LogP contribution in [0.4, 0.5) is 8.78 Å². The topological polar surface area (TPSA) is 73.5 Å². The average molecular weight is 420 g/mol. The summed E-state index contributed by atoms with van der Waals surface area (Å²) in [5.41, 5.74) is 2.19. The molecule has 0 radical (unpaired) electrons. The van der Waals surface area contributed by atoms with Crippen molar-refractivity contribution in [1.29, 1.82) is 0 Å². The Labute approximate surface area is 171 Å². The molecule has 1 aliphatic rings. The third-order valence-corrected chi connectivity index (χ3v) is 5.65. The number of nitrogens with one attached hydrogen (secondary N) is 1. The minimum absolute atomic E-state index is 0.124. The van der Waals surface area contributed by atoms with Crippen molar-refractivity contribution in [1.82, 2.24) is 35.3 Å². The van der Waals surface area contributed by atoms with Crippen molar-refractivity contribution in [2.45, 2.75) is 37.9 Å². The molecular formula is C19H23F2N7S. The molecule has 0 saturated heterocycles. The van der Waals surface area contributed by atoms with Gasteiger partial charge >= 0.3 is 0 Å². The summed E-state index contributed by atoms with van der Waals surface area (Å²) in [6.45, 7) is 0.775. The van der Waals surface area contributed by atoms with Gasteiger partial charge < -0.3 is 0 Å². The van der Waals surface area contributed by atoms with Crippen LogP contribution in [-0.4, -0.2) is 42.0 Å². The van der Waals surface area contributed by atoms with Crippen LogP contribution in [-0.2, 0) is 20.1 Å². The van der Waals surface area contributed by atoms with Crippen molar-refractivity contribution >= 4 is 11.8 Å². The quantitative estimate of drug-likeness (QED) is 0.575. The summed E-state index contributed by atoms with van der Waals surface area (Å²) >= 11 is 1.70. The fourth-order valence-corrected chi connectivity index (χ4v) is 3.74. The minimum atomic E-state index is -0.474. The Balaban J connectivity index is 1.64. The Kier molecular flexibility index (Phi) is 5.91. The lowest BCUT2D eigenvalue weighted by molar-refractivity contribution is 0.495. The monoisotopic (exact) mass is 419 g/mol. The number of thioether (sulfide) groups is 1. The summed E-state index contributed by atoms with van der Waals surface area (Å²) in [4.78, 5) is 0. The molecule has 154 valence electrons. The molecule has 10 heteroatoms. The molecule has 1 atom stereocenters. The average Bonchev–Trinajstić information content (AvgIpc) is 3.32. The molecule has 3 aromatic rings. The Morgan fingerprint density at radius 2 is 2.10 bits per heavy atom. The molecule has 1 N–H and O–H groups in total. The van der Waals surface area contributed by atoms with E-state index in [0.717, 1.165) is 36.4 Å². The van der Waals surface area contributed by atoms with Gasteiger partial charge in [-0.3, -0.25) is 10.00 Å². The second-order valence-corrected chi connectivity index (χ2v) is 8.18. The normalized spacial score (nSPS) is 15.0. The second-order valence-electron chi connectivity index (χ2n) is 7.19. The number of halogens is 2. The second kappa shape index (κ2) is 8.58. The van der Waals surface area contributed by atoms with Gasteiger partial charge in [0.1, 0.15) is 17.7 Å². The Bertz CT molecular complexity index is 983. The van der Waals surface area contributed by atoms with E-state index in [9.17, 15) is 8.78 Å². The summed E-state index contributed by atoms with van der Waals surface area (Å²) in [6, 6.07) is 5.07. The maximum Gasteiger partial charge on any atom is 0.174 e. The fraction of sp³-hybridized carbons (Fsp3) is 0.474. The zero-order chi connectivity index (χ0) is 20.4. The van der Waals surface area contributed by atoms with Gasteiger partial charge in [-0.1, -0.05) is 0 Å². The predicted octanol–water partition coefficient (Wildman–Crippen LogP) is 2.80. The molecular weight excluding hydrogens is 396 g/mol. The predicted molar refractivity (Wildman–Crippen MR) is 106 cm³/mol. The lowest BCUT2D eigenvalue weighted by atomic mass is 10.1. The van der Waals surface area contributed by atoms with Gasteiger partial charge in [0.25, 0.3) is 0 Å². The zero-order valence-electron chi connectivity index (χ0n) is 16.3. The van der Waals surface area contributed by atoms with E-state index in [1.807, 2.05) is 18.0 Å². The number of aromatic nitrogens is 6. The third-order valence-electron chi connectivity index (χ3n) is 5.06. The summed E-state index contributed by atoms with van der Waals surface area (Å²) in [5, 5.41) is 20.1. The van der Waals surface area contributed by atoms with Gasteiger partial charge in [0.15, 0.2) is 5.82 Å². The number of aryl methyl sites for hydroxylation is 2. The standard InChI is InChI=1S/C19H23F2N7S/c1-27-17(12-3-4-12)10-16(24-27)18(19-23-25-26-28(19)7-8-29-2)22-11-13-9-14(20)5-6-15(13)21/h5-6,9-10,12,18,22H,3-4,7-8,11H2,1-2H3. The molecule has 0 bridgehead atoms. The first-order chi connectivity index (χ1) is 14.1. The van der Waals surface area contributed by atoms with Gasteiger partial charge in [0, 0.05) is 36.5 Å². The highest BCUT2D eigenvalue weighted by Gasteiger charge is 2.30. The van der Waals surface area contributed by atoms with E-state index in [2.05, 4.69) is 32.0 Å². The van der Waals surface area contributed by atoms with Crippen LogP contribution in [0.2, 0.25) is 0 Å². The van der Waals surface area contributed by atoms with Crippen LogP contribution in [0.15, 0.2) is 24.3 Å². The first-order valence-corrected chi connectivity index (χ1v) is 10.9. The highest BCUT2D eigenvalue weighted by Crippen LogP contribution is 2.40. The maximum atomic E-state index is 14.1. The van der Waals surface area contributed by atoms with E-state index in [-0.39, 0.29) is 12.1 Å². The molecule has 1 unspecified atom stereocenters. The zero-order valence-corrected chi connectivity index (χ0v) is 17.2. The molecule has 1 fully saturated rings. The molecule has 7 nitrogen and oxygen atoms in total. The molecule has 0 aliphatic heterocycles. The van der Waals surface area contributed by atoms with Gasteiger partial charge in [0.05, 0.1) is 12.2 Å². The van der Waals surface area contributed by atoms with Gasteiger partial charge in [-0.05, 0) is 53.8 Å². The molecule has 1 saturated carbocycles. The van der Waals surface area contributed by atoms with E-state index >= 15 is 0 Å². The smallest absolute Gasteiger partial charge is 0.174 e. The number of rotatable bonds is 9. The van der Waals surface area contributed by atoms with Crippen molar-refractivity contribution in [3.63, 3.8) is 0 Å². The number of benzene rings is 1. The van der Waals surface area contributed by atoms with Crippen LogP contribution in [0.3, 0.4) is 0 Å². The molecule has 1 aromatic carbocycles. The van der Waals surface area contributed by atoms with E-state index in [4.69, 9.17) is 0 Å². The Hall–Kier alpha value is -2.33. The lowest BCUT2D eigenvalue weighted by Crippen LogP contribution is -2.27. The minimum Gasteiger partial charge on any atom is -0.298 e. The van der Waals surface area contributed by atoms with Crippen molar-refractivity contribution in [2.24, 2.45) is 7.05 Å². The molecule has 1 aliphatic carbocycles. The molecule has 2 heterocycles. The number of hydrogen-bond donors (Lipinski definition) is 1. The molecule has 0 amide bonds.